The summed E-state index contributed by atoms with van der Waals surface area (Å²) in [7, 11) is 0. The molecule has 0 fully saturated rings. The number of benzene rings is 1. The van der Waals surface area contributed by atoms with Gasteiger partial charge in [0, 0.05) is 12.2 Å². The number of aromatic nitrogens is 1. The number of anilines is 1. The van der Waals surface area contributed by atoms with E-state index in [0.717, 1.165) is 17.6 Å². The average Bonchev–Trinajstić information content (AvgIpc) is 2.31. The van der Waals surface area contributed by atoms with Crippen LogP contribution in [-0.4, -0.2) is 4.98 Å². The molecule has 1 N–H and O–H groups in total. The van der Waals surface area contributed by atoms with Gasteiger partial charge >= 0.3 is 0 Å². The second kappa shape index (κ2) is 4.91. The highest BCUT2D eigenvalue weighted by Gasteiger charge is 2.02. The molecule has 0 radical (unpaired) electrons. The van der Waals surface area contributed by atoms with Crippen LogP contribution in [-0.2, 0) is 6.54 Å². The van der Waals surface area contributed by atoms with E-state index < -0.39 is 11.6 Å². The molecule has 0 saturated heterocycles. The molecule has 2 rings (SSSR count). The van der Waals surface area contributed by atoms with Gasteiger partial charge in [-0.15, -0.1) is 0 Å². The lowest BCUT2D eigenvalue weighted by Crippen LogP contribution is -2.02. The maximum atomic E-state index is 13.0. The smallest absolute Gasteiger partial charge is 0.159 e. The molecule has 2 nitrogen and oxygen atoms in total. The van der Waals surface area contributed by atoms with Gasteiger partial charge in [-0.2, -0.15) is 0 Å². The lowest BCUT2D eigenvalue weighted by molar-refractivity contribution is 0.507. The van der Waals surface area contributed by atoms with Crippen LogP contribution in [0, 0.1) is 18.6 Å². The number of nitrogens with one attached hydrogen (secondary N) is 1. The molecule has 17 heavy (non-hydrogen) atoms. The summed E-state index contributed by atoms with van der Waals surface area (Å²) in [6.45, 7) is 2.30. The third kappa shape index (κ3) is 3.00. The Kier molecular flexibility index (Phi) is 3.32. The molecule has 4 heteroatoms. The van der Waals surface area contributed by atoms with E-state index in [9.17, 15) is 8.78 Å². The molecule has 88 valence electrons. The van der Waals surface area contributed by atoms with E-state index in [1.54, 1.807) is 6.07 Å². The summed E-state index contributed by atoms with van der Waals surface area (Å²) < 4.78 is 25.7. The third-order valence-electron chi connectivity index (χ3n) is 2.35. The van der Waals surface area contributed by atoms with Crippen molar-refractivity contribution >= 4 is 5.82 Å². The first-order valence-corrected chi connectivity index (χ1v) is 5.26. The molecule has 0 aliphatic heterocycles. The van der Waals surface area contributed by atoms with Gasteiger partial charge in [0.15, 0.2) is 11.6 Å². The Bertz CT molecular complexity index is 527. The lowest BCUT2D eigenvalue weighted by Gasteiger charge is -2.06. The molecule has 0 spiro atoms. The Labute approximate surface area is 98.3 Å². The molecule has 0 amide bonds. The highest BCUT2D eigenvalue weighted by molar-refractivity contribution is 5.36. The standard InChI is InChI=1S/C13H12F2N2/c1-9-3-2-4-13(17-9)16-8-10-5-6-11(14)12(15)7-10/h2-7H,8H2,1H3,(H,16,17). The molecule has 0 atom stereocenters. The quantitative estimate of drug-likeness (QED) is 0.881. The number of hydrogen-bond donors (Lipinski definition) is 1. The molecule has 0 bridgehead atoms. The minimum absolute atomic E-state index is 0.410. The molecular weight excluding hydrogens is 222 g/mol. The van der Waals surface area contributed by atoms with Crippen LogP contribution >= 0.6 is 0 Å². The number of aryl methyl sites for hydroxylation is 1. The summed E-state index contributed by atoms with van der Waals surface area (Å²) in [6, 6.07) is 9.45. The summed E-state index contributed by atoms with van der Waals surface area (Å²) >= 11 is 0. The van der Waals surface area contributed by atoms with E-state index >= 15 is 0 Å². The first-order chi connectivity index (χ1) is 8.15. The van der Waals surface area contributed by atoms with Gasteiger partial charge in [-0.25, -0.2) is 13.8 Å². The van der Waals surface area contributed by atoms with Crippen molar-refractivity contribution in [1.29, 1.82) is 0 Å². The van der Waals surface area contributed by atoms with Gasteiger partial charge in [0.2, 0.25) is 0 Å². The second-order valence-corrected chi connectivity index (χ2v) is 3.77. The normalized spacial score (nSPS) is 10.3. The molecule has 1 aromatic heterocycles. The summed E-state index contributed by atoms with van der Waals surface area (Å²) in [5.41, 5.74) is 1.58. The summed E-state index contributed by atoms with van der Waals surface area (Å²) in [5.74, 6) is -0.946. The zero-order valence-corrected chi connectivity index (χ0v) is 9.37. The topological polar surface area (TPSA) is 24.9 Å². The van der Waals surface area contributed by atoms with Crippen LogP contribution < -0.4 is 5.32 Å². The first kappa shape index (κ1) is 11.5. The van der Waals surface area contributed by atoms with Gasteiger partial charge in [0.25, 0.3) is 0 Å². The van der Waals surface area contributed by atoms with Gasteiger partial charge in [-0.1, -0.05) is 12.1 Å². The van der Waals surface area contributed by atoms with Crippen LogP contribution in [0.5, 0.6) is 0 Å². The van der Waals surface area contributed by atoms with Gasteiger partial charge in [0.1, 0.15) is 5.82 Å². The first-order valence-electron chi connectivity index (χ1n) is 5.26. The van der Waals surface area contributed by atoms with Crippen LogP contribution in [0.25, 0.3) is 0 Å². The van der Waals surface area contributed by atoms with E-state index in [0.29, 0.717) is 12.1 Å². The van der Waals surface area contributed by atoms with E-state index in [1.807, 2.05) is 25.1 Å². The van der Waals surface area contributed by atoms with Gasteiger partial charge in [0.05, 0.1) is 0 Å². The minimum Gasteiger partial charge on any atom is -0.366 e. The monoisotopic (exact) mass is 234 g/mol. The largest absolute Gasteiger partial charge is 0.366 e. The fourth-order valence-corrected chi connectivity index (χ4v) is 1.48. The molecule has 1 heterocycles. The summed E-state index contributed by atoms with van der Waals surface area (Å²) in [6.07, 6.45) is 0. The predicted octanol–water partition coefficient (Wildman–Crippen LogP) is 3.28. The molecule has 0 aliphatic rings. The Morgan fingerprint density at radius 3 is 2.65 bits per heavy atom. The fourth-order valence-electron chi connectivity index (χ4n) is 1.48. The second-order valence-electron chi connectivity index (χ2n) is 3.77. The van der Waals surface area contributed by atoms with Crippen molar-refractivity contribution < 1.29 is 8.78 Å². The SMILES string of the molecule is Cc1cccc(NCc2ccc(F)c(F)c2)n1. The van der Waals surface area contributed by atoms with Crippen molar-refractivity contribution in [3.63, 3.8) is 0 Å². The highest BCUT2D eigenvalue weighted by atomic mass is 19.2. The van der Waals surface area contributed by atoms with Gasteiger partial charge in [-0.3, -0.25) is 0 Å². The average molecular weight is 234 g/mol. The number of hydrogen-bond acceptors (Lipinski definition) is 2. The minimum atomic E-state index is -0.832. The summed E-state index contributed by atoms with van der Waals surface area (Å²) in [5, 5.41) is 3.05. The molecule has 0 aliphatic carbocycles. The lowest BCUT2D eigenvalue weighted by atomic mass is 10.2. The van der Waals surface area contributed by atoms with Crippen LogP contribution in [0.4, 0.5) is 14.6 Å². The molecule has 1 aromatic carbocycles. The number of rotatable bonds is 3. The van der Waals surface area contributed by atoms with E-state index in [1.165, 1.54) is 6.07 Å². The Balaban J connectivity index is 2.05. The van der Waals surface area contributed by atoms with Crippen LogP contribution in [0.1, 0.15) is 11.3 Å². The molecule has 0 unspecified atom stereocenters. The Morgan fingerprint density at radius 2 is 1.94 bits per heavy atom. The molecular formula is C13H12F2N2. The van der Waals surface area contributed by atoms with E-state index in [4.69, 9.17) is 0 Å². The van der Waals surface area contributed by atoms with E-state index in [2.05, 4.69) is 10.3 Å². The van der Waals surface area contributed by atoms with Crippen molar-refractivity contribution in [1.82, 2.24) is 4.98 Å². The molecule has 2 aromatic rings. The van der Waals surface area contributed by atoms with Crippen molar-refractivity contribution in [2.75, 3.05) is 5.32 Å². The number of nitrogens with zero attached hydrogens (tertiary/aromatic N) is 1. The number of halogens is 2. The third-order valence-corrected chi connectivity index (χ3v) is 2.35. The van der Waals surface area contributed by atoms with Gasteiger partial charge in [-0.05, 0) is 36.8 Å². The van der Waals surface area contributed by atoms with Crippen LogP contribution in [0.3, 0.4) is 0 Å². The maximum absolute atomic E-state index is 13.0. The summed E-state index contributed by atoms with van der Waals surface area (Å²) in [4.78, 5) is 4.25. The highest BCUT2D eigenvalue weighted by Crippen LogP contribution is 2.11. The van der Waals surface area contributed by atoms with Crippen molar-refractivity contribution in [3.05, 3.63) is 59.3 Å². The van der Waals surface area contributed by atoms with Crippen LogP contribution in [0.15, 0.2) is 36.4 Å². The van der Waals surface area contributed by atoms with Crippen LogP contribution in [0.2, 0.25) is 0 Å². The van der Waals surface area contributed by atoms with Crippen molar-refractivity contribution in [3.8, 4) is 0 Å². The zero-order valence-electron chi connectivity index (χ0n) is 9.37. The Hall–Kier alpha value is -1.97. The van der Waals surface area contributed by atoms with Gasteiger partial charge < -0.3 is 5.32 Å². The van der Waals surface area contributed by atoms with E-state index in [-0.39, 0.29) is 0 Å². The maximum Gasteiger partial charge on any atom is 0.159 e. The number of pyridine rings is 1. The zero-order chi connectivity index (χ0) is 12.3. The van der Waals surface area contributed by atoms with Crippen molar-refractivity contribution in [2.24, 2.45) is 0 Å². The molecule has 0 saturated carbocycles. The van der Waals surface area contributed by atoms with Crippen molar-refractivity contribution in [2.45, 2.75) is 13.5 Å². The predicted molar refractivity (Wildman–Crippen MR) is 62.7 cm³/mol. The Morgan fingerprint density at radius 1 is 1.12 bits per heavy atom. The fraction of sp³-hybridized carbons (Fsp3) is 0.154.